The van der Waals surface area contributed by atoms with Gasteiger partial charge in [0.15, 0.2) is 5.78 Å². The summed E-state index contributed by atoms with van der Waals surface area (Å²) in [6, 6.07) is 7.96. The molecule has 1 aromatic rings. The fourth-order valence-corrected chi connectivity index (χ4v) is 3.03. The van der Waals surface area contributed by atoms with Crippen molar-refractivity contribution in [2.45, 2.75) is 39.5 Å². The Kier molecular flexibility index (Phi) is 4.28. The molecule has 1 aromatic carbocycles. The van der Waals surface area contributed by atoms with Crippen LogP contribution in [-0.4, -0.2) is 17.4 Å². The van der Waals surface area contributed by atoms with E-state index in [-0.39, 0.29) is 17.6 Å². The second kappa shape index (κ2) is 6.36. The zero-order chi connectivity index (χ0) is 16.4. The normalized spacial score (nSPS) is 21.8. The predicted octanol–water partition coefficient (Wildman–Crippen LogP) is 2.99. The molecule has 3 rings (SSSR count). The Morgan fingerprint density at radius 3 is 2.61 bits per heavy atom. The lowest BCUT2D eigenvalue weighted by atomic mass is 9.94. The van der Waals surface area contributed by atoms with Crippen molar-refractivity contribution in [1.29, 1.82) is 0 Å². The maximum atomic E-state index is 11.8. The summed E-state index contributed by atoms with van der Waals surface area (Å²) in [5.41, 5.74) is 7.27. The van der Waals surface area contributed by atoms with E-state index in [4.69, 9.17) is 0 Å². The highest BCUT2D eigenvalue weighted by molar-refractivity contribution is 6.05. The average molecular weight is 311 g/mol. The number of ketones is 1. The molecule has 0 unspecified atom stereocenters. The summed E-state index contributed by atoms with van der Waals surface area (Å²) in [5.74, 6) is 0.309. The molecule has 2 N–H and O–H groups in total. The molecule has 5 heteroatoms. The zero-order valence-corrected chi connectivity index (χ0v) is 13.5. The smallest absolute Gasteiger partial charge is 0.240 e. The number of benzene rings is 1. The van der Waals surface area contributed by atoms with E-state index in [1.807, 2.05) is 38.1 Å². The number of hydrazone groups is 1. The third-order valence-corrected chi connectivity index (χ3v) is 4.44. The fraction of sp³-hybridized carbons (Fsp3) is 0.389. The Bertz CT molecular complexity index is 701. The first-order chi connectivity index (χ1) is 11.0. The molecule has 120 valence electrons. The summed E-state index contributed by atoms with van der Waals surface area (Å²) in [6.45, 7) is 3.89. The lowest BCUT2D eigenvalue weighted by molar-refractivity contribution is -0.122. The Labute approximate surface area is 135 Å². The van der Waals surface area contributed by atoms with Crippen molar-refractivity contribution in [3.8, 4) is 0 Å². The molecule has 1 aliphatic heterocycles. The van der Waals surface area contributed by atoms with Gasteiger partial charge in [-0.3, -0.25) is 9.59 Å². The molecule has 1 amide bonds. The summed E-state index contributed by atoms with van der Waals surface area (Å²) < 4.78 is 0. The number of nitrogens with one attached hydrogen (secondary N) is 2. The minimum atomic E-state index is -0.0380. The van der Waals surface area contributed by atoms with Gasteiger partial charge >= 0.3 is 0 Å². The molecule has 2 aliphatic rings. The topological polar surface area (TPSA) is 70.6 Å². The van der Waals surface area contributed by atoms with Crippen molar-refractivity contribution in [1.82, 2.24) is 5.43 Å². The van der Waals surface area contributed by atoms with Gasteiger partial charge in [0.1, 0.15) is 0 Å². The number of Topliss-reactive ketones (excluding diaryl/α,β-unsaturated/α-hetero) is 1. The van der Waals surface area contributed by atoms with E-state index in [1.165, 1.54) is 0 Å². The number of amides is 1. The monoisotopic (exact) mass is 311 g/mol. The van der Waals surface area contributed by atoms with Gasteiger partial charge in [0.2, 0.25) is 5.91 Å². The maximum Gasteiger partial charge on any atom is 0.240 e. The number of allylic oxidation sites excluding steroid dienone is 2. The van der Waals surface area contributed by atoms with E-state index in [0.717, 1.165) is 41.1 Å². The largest absolute Gasteiger partial charge is 0.359 e. The molecule has 0 radical (unpaired) electrons. The van der Waals surface area contributed by atoms with E-state index in [0.29, 0.717) is 12.8 Å². The molecule has 0 bridgehead atoms. The van der Waals surface area contributed by atoms with Crippen LogP contribution in [0.5, 0.6) is 0 Å². The van der Waals surface area contributed by atoms with Gasteiger partial charge in [-0.15, -0.1) is 0 Å². The number of carbonyl (C=O) groups is 2. The van der Waals surface area contributed by atoms with E-state index in [9.17, 15) is 9.59 Å². The van der Waals surface area contributed by atoms with Crippen LogP contribution in [0.2, 0.25) is 0 Å². The van der Waals surface area contributed by atoms with Gasteiger partial charge in [0.05, 0.1) is 5.71 Å². The first-order valence-corrected chi connectivity index (χ1v) is 8.01. The molecular formula is C18H21N3O2. The first-order valence-electron chi connectivity index (χ1n) is 8.01. The van der Waals surface area contributed by atoms with Crippen LogP contribution in [-0.2, 0) is 9.59 Å². The van der Waals surface area contributed by atoms with Crippen LogP contribution >= 0.6 is 0 Å². The molecule has 0 fully saturated rings. The van der Waals surface area contributed by atoms with Crippen molar-refractivity contribution in [2.24, 2.45) is 11.0 Å². The van der Waals surface area contributed by atoms with Gasteiger partial charge in [-0.1, -0.05) is 19.1 Å². The highest BCUT2D eigenvalue weighted by Gasteiger charge is 2.21. The summed E-state index contributed by atoms with van der Waals surface area (Å²) in [6.07, 6.45) is 2.94. The van der Waals surface area contributed by atoms with Crippen molar-refractivity contribution < 1.29 is 9.59 Å². The lowest BCUT2D eigenvalue weighted by Crippen LogP contribution is -2.31. The average Bonchev–Trinajstić information content (AvgIpc) is 2.53. The summed E-state index contributed by atoms with van der Waals surface area (Å²) >= 11 is 0. The molecule has 0 saturated carbocycles. The van der Waals surface area contributed by atoms with Crippen molar-refractivity contribution in [3.63, 3.8) is 0 Å². The van der Waals surface area contributed by atoms with Crippen LogP contribution in [0.15, 0.2) is 40.6 Å². The molecule has 23 heavy (non-hydrogen) atoms. The van der Waals surface area contributed by atoms with E-state index in [2.05, 4.69) is 15.8 Å². The molecule has 5 nitrogen and oxygen atoms in total. The number of anilines is 1. The highest BCUT2D eigenvalue weighted by atomic mass is 16.2. The Morgan fingerprint density at radius 1 is 1.17 bits per heavy atom. The van der Waals surface area contributed by atoms with E-state index in [1.54, 1.807) is 0 Å². The van der Waals surface area contributed by atoms with Gasteiger partial charge in [-0.25, -0.2) is 5.43 Å². The highest BCUT2D eigenvalue weighted by Crippen LogP contribution is 2.24. The predicted molar refractivity (Wildman–Crippen MR) is 90.1 cm³/mol. The van der Waals surface area contributed by atoms with Gasteiger partial charge < -0.3 is 5.32 Å². The number of hydrogen-bond donors (Lipinski definition) is 2. The second-order valence-electron chi connectivity index (χ2n) is 6.22. The summed E-state index contributed by atoms with van der Waals surface area (Å²) in [5, 5.41) is 7.53. The third kappa shape index (κ3) is 3.33. The molecule has 0 saturated heterocycles. The number of hydrogen-bond acceptors (Lipinski definition) is 4. The van der Waals surface area contributed by atoms with Crippen LogP contribution in [0.3, 0.4) is 0 Å². The third-order valence-electron chi connectivity index (χ3n) is 4.44. The molecule has 1 atom stereocenters. The fourth-order valence-electron chi connectivity index (χ4n) is 3.03. The van der Waals surface area contributed by atoms with Crippen LogP contribution in [0.25, 0.3) is 0 Å². The van der Waals surface area contributed by atoms with Crippen LogP contribution < -0.4 is 10.7 Å². The lowest BCUT2D eigenvalue weighted by Gasteiger charge is -2.20. The van der Waals surface area contributed by atoms with Gasteiger partial charge in [0, 0.05) is 35.7 Å². The Morgan fingerprint density at radius 2 is 1.91 bits per heavy atom. The standard InChI is InChI=1S/C18H21N3O2/c1-11-10-17(23)20-21-18(11)13-6-8-14(9-7-13)19-15-4-3-5-16(22)12(15)2/h6-9,11,19H,3-5,10H2,1-2H3,(H,20,23)/t11-/m1/s1. The summed E-state index contributed by atoms with van der Waals surface area (Å²) in [4.78, 5) is 23.1. The van der Waals surface area contributed by atoms with Crippen molar-refractivity contribution >= 4 is 23.1 Å². The number of nitrogens with zero attached hydrogens (tertiary/aromatic N) is 1. The van der Waals surface area contributed by atoms with E-state index >= 15 is 0 Å². The van der Waals surface area contributed by atoms with Crippen LogP contribution in [0.1, 0.15) is 45.1 Å². The SMILES string of the molecule is CC1=C(Nc2ccc(C3=NNC(=O)C[C@H]3C)cc2)CCCC1=O. The molecular weight excluding hydrogens is 290 g/mol. The minimum absolute atomic E-state index is 0.0380. The van der Waals surface area contributed by atoms with Crippen LogP contribution in [0, 0.1) is 5.92 Å². The van der Waals surface area contributed by atoms with Gasteiger partial charge in [0.25, 0.3) is 0 Å². The van der Waals surface area contributed by atoms with Gasteiger partial charge in [-0.05, 0) is 37.5 Å². The molecule has 0 aromatic heterocycles. The Balaban J connectivity index is 1.76. The second-order valence-corrected chi connectivity index (χ2v) is 6.22. The number of rotatable bonds is 3. The van der Waals surface area contributed by atoms with E-state index < -0.39 is 0 Å². The molecule has 0 spiro atoms. The maximum absolute atomic E-state index is 11.8. The summed E-state index contributed by atoms with van der Waals surface area (Å²) in [7, 11) is 0. The minimum Gasteiger partial charge on any atom is -0.359 e. The van der Waals surface area contributed by atoms with Crippen molar-refractivity contribution in [3.05, 3.63) is 41.1 Å². The Hall–Kier alpha value is -2.43. The molecule has 1 aliphatic carbocycles. The van der Waals surface area contributed by atoms with Crippen molar-refractivity contribution in [2.75, 3.05) is 5.32 Å². The quantitative estimate of drug-likeness (QED) is 0.901. The molecule has 1 heterocycles. The first kappa shape index (κ1) is 15.5. The zero-order valence-electron chi connectivity index (χ0n) is 13.5. The number of carbonyl (C=O) groups excluding carboxylic acids is 2. The van der Waals surface area contributed by atoms with Crippen LogP contribution in [0.4, 0.5) is 5.69 Å². The van der Waals surface area contributed by atoms with Gasteiger partial charge in [-0.2, -0.15) is 5.10 Å².